The standard InChI is InChI=1S/C50H102N2O2/c1-8-10-12-14-16-18-20-22-24-26-28-30-32-34-38-42-46-53-49-50(48-52(6,7)45-41-37-36-40-44-51(3,4)5)54-47-43-39-35-33-31-29-27-25-23-21-19-17-15-13-11-9-2/h22-25,50H,8-21,26-49H2,1-7H3/q+2/b24-22-,25-23-. The van der Waals surface area contributed by atoms with E-state index in [1.165, 1.54) is 219 Å². The van der Waals surface area contributed by atoms with E-state index in [4.69, 9.17) is 9.47 Å². The molecule has 0 fully saturated rings. The Hall–Kier alpha value is -0.680. The van der Waals surface area contributed by atoms with E-state index in [1.807, 2.05) is 0 Å². The molecule has 0 aliphatic heterocycles. The Morgan fingerprint density at radius 1 is 0.389 bits per heavy atom. The van der Waals surface area contributed by atoms with Gasteiger partial charge in [0.1, 0.15) is 12.6 Å². The summed E-state index contributed by atoms with van der Waals surface area (Å²) in [5.74, 6) is 0. The van der Waals surface area contributed by atoms with Gasteiger partial charge in [0.15, 0.2) is 0 Å². The third-order valence-electron chi connectivity index (χ3n) is 11.2. The first kappa shape index (κ1) is 53.3. The van der Waals surface area contributed by atoms with Crippen LogP contribution in [0.3, 0.4) is 0 Å². The minimum atomic E-state index is 0.204. The third kappa shape index (κ3) is 44.0. The van der Waals surface area contributed by atoms with Crippen LogP contribution in [0.5, 0.6) is 0 Å². The molecule has 0 aliphatic carbocycles. The molecular formula is C50H102N2O2+2. The zero-order valence-corrected chi connectivity index (χ0v) is 38.5. The Labute approximate surface area is 341 Å². The lowest BCUT2D eigenvalue weighted by molar-refractivity contribution is -0.893. The molecule has 4 heteroatoms. The SMILES string of the molecule is CCCCCCCC/C=C\CCCCCCCCOCC(C[N+](C)(C)CCCCCC[N+](C)(C)C)OCCCCCCCC/C=C\CCCCCCCC. The van der Waals surface area contributed by atoms with Gasteiger partial charge in [-0.3, -0.25) is 0 Å². The molecule has 0 N–H and O–H groups in total. The fourth-order valence-electron chi connectivity index (χ4n) is 7.54. The molecule has 0 aromatic rings. The van der Waals surface area contributed by atoms with E-state index < -0.39 is 0 Å². The van der Waals surface area contributed by atoms with Crippen LogP contribution >= 0.6 is 0 Å². The summed E-state index contributed by atoms with van der Waals surface area (Å²) in [5.41, 5.74) is 0. The van der Waals surface area contributed by atoms with Crippen molar-refractivity contribution in [1.29, 1.82) is 0 Å². The van der Waals surface area contributed by atoms with Crippen LogP contribution in [0, 0.1) is 0 Å². The molecule has 0 bridgehead atoms. The predicted octanol–water partition coefficient (Wildman–Crippen LogP) is 14.8. The Kier molecular flexibility index (Phi) is 40.0. The molecule has 0 heterocycles. The molecule has 1 unspecified atom stereocenters. The Morgan fingerprint density at radius 2 is 0.741 bits per heavy atom. The summed E-state index contributed by atoms with van der Waals surface area (Å²) < 4.78 is 14.9. The van der Waals surface area contributed by atoms with Crippen molar-refractivity contribution in [3.05, 3.63) is 24.3 Å². The van der Waals surface area contributed by atoms with Gasteiger partial charge in [0.2, 0.25) is 0 Å². The number of ether oxygens (including phenoxy) is 2. The smallest absolute Gasteiger partial charge is 0.130 e. The molecule has 1 atom stereocenters. The molecule has 54 heavy (non-hydrogen) atoms. The highest BCUT2D eigenvalue weighted by molar-refractivity contribution is 4.82. The topological polar surface area (TPSA) is 18.5 Å². The highest BCUT2D eigenvalue weighted by Gasteiger charge is 2.23. The third-order valence-corrected chi connectivity index (χ3v) is 11.2. The molecule has 0 spiro atoms. The lowest BCUT2D eigenvalue weighted by Gasteiger charge is -2.33. The van der Waals surface area contributed by atoms with Gasteiger partial charge in [-0.15, -0.1) is 0 Å². The van der Waals surface area contributed by atoms with Gasteiger partial charge in [-0.25, -0.2) is 0 Å². The van der Waals surface area contributed by atoms with Gasteiger partial charge in [-0.2, -0.15) is 0 Å². The summed E-state index contributed by atoms with van der Waals surface area (Å²) in [5, 5.41) is 0. The monoisotopic (exact) mass is 763 g/mol. The molecular weight excluding hydrogens is 661 g/mol. The summed E-state index contributed by atoms with van der Waals surface area (Å²) in [6.07, 6.45) is 53.0. The summed E-state index contributed by atoms with van der Waals surface area (Å²) >= 11 is 0. The van der Waals surface area contributed by atoms with E-state index >= 15 is 0 Å². The first-order chi connectivity index (χ1) is 26.2. The number of nitrogens with zero attached hydrogens (tertiary/aromatic N) is 2. The summed E-state index contributed by atoms with van der Waals surface area (Å²) in [6, 6.07) is 0. The van der Waals surface area contributed by atoms with E-state index in [0.717, 1.165) is 35.3 Å². The van der Waals surface area contributed by atoms with Crippen molar-refractivity contribution in [3.63, 3.8) is 0 Å². The molecule has 0 aromatic heterocycles. The quantitative estimate of drug-likeness (QED) is 0.0350. The van der Waals surface area contributed by atoms with Crippen LogP contribution in [0.1, 0.15) is 219 Å². The molecule has 0 rings (SSSR count). The van der Waals surface area contributed by atoms with Crippen LogP contribution in [0.2, 0.25) is 0 Å². The van der Waals surface area contributed by atoms with Gasteiger partial charge >= 0.3 is 0 Å². The molecule has 0 radical (unpaired) electrons. The number of quaternary nitrogens is 2. The van der Waals surface area contributed by atoms with Crippen molar-refractivity contribution in [2.75, 3.05) is 74.7 Å². The van der Waals surface area contributed by atoms with Crippen molar-refractivity contribution in [2.24, 2.45) is 0 Å². The van der Waals surface area contributed by atoms with E-state index in [2.05, 4.69) is 73.4 Å². The maximum atomic E-state index is 6.56. The largest absolute Gasteiger partial charge is 0.379 e. The maximum absolute atomic E-state index is 6.56. The van der Waals surface area contributed by atoms with Gasteiger partial charge in [0, 0.05) is 13.2 Å². The zero-order chi connectivity index (χ0) is 39.7. The fraction of sp³-hybridized carbons (Fsp3) is 0.920. The van der Waals surface area contributed by atoms with Crippen LogP contribution in [-0.2, 0) is 9.47 Å². The van der Waals surface area contributed by atoms with E-state index in [9.17, 15) is 0 Å². The van der Waals surface area contributed by atoms with Crippen molar-refractivity contribution >= 4 is 0 Å². The zero-order valence-electron chi connectivity index (χ0n) is 38.5. The summed E-state index contributed by atoms with van der Waals surface area (Å²) in [4.78, 5) is 0. The van der Waals surface area contributed by atoms with E-state index in [0.29, 0.717) is 0 Å². The van der Waals surface area contributed by atoms with Crippen molar-refractivity contribution in [2.45, 2.75) is 225 Å². The average molecular weight is 763 g/mol. The number of unbranched alkanes of at least 4 members (excludes halogenated alkanes) is 27. The van der Waals surface area contributed by atoms with Crippen molar-refractivity contribution < 1.29 is 18.4 Å². The van der Waals surface area contributed by atoms with Gasteiger partial charge in [-0.05, 0) is 89.9 Å². The maximum Gasteiger partial charge on any atom is 0.130 e. The van der Waals surface area contributed by atoms with E-state index in [-0.39, 0.29) is 6.10 Å². The average Bonchev–Trinajstić information content (AvgIpc) is 3.13. The lowest BCUT2D eigenvalue weighted by atomic mass is 10.1. The summed E-state index contributed by atoms with van der Waals surface area (Å²) in [7, 11) is 11.7. The number of likely N-dealkylation sites (N-methyl/N-ethyl adjacent to an activating group) is 1. The first-order valence-corrected chi connectivity index (χ1v) is 24.3. The van der Waals surface area contributed by atoms with Gasteiger partial charge < -0.3 is 18.4 Å². The molecule has 0 saturated carbocycles. The van der Waals surface area contributed by atoms with Gasteiger partial charge in [-0.1, -0.05) is 154 Å². The lowest BCUT2D eigenvalue weighted by Crippen LogP contribution is -2.48. The highest BCUT2D eigenvalue weighted by atomic mass is 16.5. The van der Waals surface area contributed by atoms with Crippen LogP contribution < -0.4 is 0 Å². The second kappa shape index (κ2) is 40.5. The summed E-state index contributed by atoms with van der Waals surface area (Å²) in [6.45, 7) is 10.7. The predicted molar refractivity (Wildman–Crippen MR) is 243 cm³/mol. The fourth-order valence-corrected chi connectivity index (χ4v) is 7.54. The second-order valence-corrected chi connectivity index (χ2v) is 18.7. The van der Waals surface area contributed by atoms with Gasteiger partial charge in [0.25, 0.3) is 0 Å². The Morgan fingerprint density at radius 3 is 1.17 bits per heavy atom. The number of hydrogen-bond donors (Lipinski definition) is 0. The van der Waals surface area contributed by atoms with Crippen LogP contribution in [0.4, 0.5) is 0 Å². The molecule has 0 saturated heterocycles. The Balaban J connectivity index is 4.19. The minimum absolute atomic E-state index is 0.204. The highest BCUT2D eigenvalue weighted by Crippen LogP contribution is 2.14. The molecule has 4 nitrogen and oxygen atoms in total. The normalized spacial score (nSPS) is 13.2. The second-order valence-electron chi connectivity index (χ2n) is 18.7. The van der Waals surface area contributed by atoms with Crippen LogP contribution in [0.15, 0.2) is 24.3 Å². The first-order valence-electron chi connectivity index (χ1n) is 24.3. The number of rotatable bonds is 44. The molecule has 0 amide bonds. The van der Waals surface area contributed by atoms with E-state index in [1.54, 1.807) is 0 Å². The van der Waals surface area contributed by atoms with Gasteiger partial charge in [0.05, 0.1) is 54.9 Å². The van der Waals surface area contributed by atoms with Crippen LogP contribution in [0.25, 0.3) is 0 Å². The molecule has 0 aromatic carbocycles. The number of hydrogen-bond acceptors (Lipinski definition) is 2. The van der Waals surface area contributed by atoms with Crippen LogP contribution in [-0.4, -0.2) is 89.8 Å². The Bertz CT molecular complexity index is 786. The number of allylic oxidation sites excluding steroid dienone is 4. The molecule has 0 aliphatic rings. The minimum Gasteiger partial charge on any atom is -0.379 e. The molecule has 322 valence electrons. The van der Waals surface area contributed by atoms with Crippen molar-refractivity contribution in [1.82, 2.24) is 0 Å². The van der Waals surface area contributed by atoms with Crippen molar-refractivity contribution in [3.8, 4) is 0 Å².